The quantitative estimate of drug-likeness (QED) is 0.632. The highest BCUT2D eigenvalue weighted by atomic mass is 79.9. The van der Waals surface area contributed by atoms with Crippen LogP contribution in [0.5, 0.6) is 11.5 Å². The van der Waals surface area contributed by atoms with Crippen LogP contribution >= 0.6 is 15.9 Å². The minimum absolute atomic E-state index is 0.0670. The second-order valence-corrected chi connectivity index (χ2v) is 6.33. The third kappa shape index (κ3) is 4.51. The molecule has 0 heterocycles. The molecule has 3 rings (SSSR count). The molecule has 5 heteroatoms. The fourth-order valence-corrected chi connectivity index (χ4v) is 2.85. The molecule has 0 aliphatic rings. The third-order valence-electron chi connectivity index (χ3n) is 3.60. The number of para-hydroxylation sites is 2. The van der Waals surface area contributed by atoms with Gasteiger partial charge in [0.2, 0.25) is 0 Å². The maximum Gasteiger partial charge on any atom is 0.262 e. The number of carbonyl (C=O) groups is 1. The summed E-state index contributed by atoms with van der Waals surface area (Å²) in [6, 6.07) is 19.1. The van der Waals surface area contributed by atoms with Crippen molar-refractivity contribution >= 4 is 38.3 Å². The molecule has 0 aromatic heterocycles. The lowest BCUT2D eigenvalue weighted by Gasteiger charge is -2.12. The minimum atomic E-state index is -0.233. The second-order valence-electron chi connectivity index (χ2n) is 5.42. The summed E-state index contributed by atoms with van der Waals surface area (Å²) in [6.07, 6.45) is 0. The Morgan fingerprint density at radius 2 is 1.76 bits per heavy atom. The molecule has 0 atom stereocenters. The SMILES string of the molecule is CCOc1ccccc1NC(=O)COc1ccc2cc(Br)ccc2c1. The summed E-state index contributed by atoms with van der Waals surface area (Å²) in [5, 5.41) is 4.98. The molecule has 0 radical (unpaired) electrons. The predicted molar refractivity (Wildman–Crippen MR) is 103 cm³/mol. The molecule has 1 amide bonds. The van der Waals surface area contributed by atoms with Crippen LogP contribution in [-0.4, -0.2) is 19.1 Å². The van der Waals surface area contributed by atoms with E-state index in [1.165, 1.54) is 0 Å². The molecule has 0 unspecified atom stereocenters. The Balaban J connectivity index is 1.63. The van der Waals surface area contributed by atoms with Crippen LogP contribution in [0.15, 0.2) is 65.1 Å². The van der Waals surface area contributed by atoms with Gasteiger partial charge < -0.3 is 14.8 Å². The lowest BCUT2D eigenvalue weighted by Crippen LogP contribution is -2.20. The van der Waals surface area contributed by atoms with Gasteiger partial charge in [-0.05, 0) is 54.1 Å². The smallest absolute Gasteiger partial charge is 0.262 e. The maximum absolute atomic E-state index is 12.2. The number of carbonyl (C=O) groups excluding carboxylic acids is 1. The summed E-state index contributed by atoms with van der Waals surface area (Å²) in [5.41, 5.74) is 0.640. The summed E-state index contributed by atoms with van der Waals surface area (Å²) < 4.78 is 12.1. The number of anilines is 1. The van der Waals surface area contributed by atoms with Crippen molar-refractivity contribution < 1.29 is 14.3 Å². The van der Waals surface area contributed by atoms with Crippen molar-refractivity contribution in [3.05, 3.63) is 65.1 Å². The molecular formula is C20H18BrNO3. The molecule has 4 nitrogen and oxygen atoms in total. The average Bonchev–Trinajstić information content (AvgIpc) is 2.62. The van der Waals surface area contributed by atoms with E-state index in [1.54, 1.807) is 6.07 Å². The Bertz CT molecular complexity index is 895. The summed E-state index contributed by atoms with van der Waals surface area (Å²) in [4.78, 5) is 12.2. The van der Waals surface area contributed by atoms with Gasteiger partial charge in [-0.3, -0.25) is 4.79 Å². The fraction of sp³-hybridized carbons (Fsp3) is 0.150. The number of hydrogen-bond donors (Lipinski definition) is 1. The van der Waals surface area contributed by atoms with Crippen LogP contribution in [0, 0.1) is 0 Å². The van der Waals surface area contributed by atoms with Gasteiger partial charge in [-0.2, -0.15) is 0 Å². The molecular weight excluding hydrogens is 382 g/mol. The number of halogens is 1. The van der Waals surface area contributed by atoms with Crippen molar-refractivity contribution in [3.8, 4) is 11.5 Å². The number of amides is 1. The molecule has 0 bridgehead atoms. The van der Waals surface area contributed by atoms with Crippen LogP contribution in [0.2, 0.25) is 0 Å². The number of benzene rings is 3. The Morgan fingerprint density at radius 3 is 2.60 bits per heavy atom. The highest BCUT2D eigenvalue weighted by Crippen LogP contribution is 2.25. The van der Waals surface area contributed by atoms with E-state index in [0.29, 0.717) is 23.8 Å². The molecule has 0 saturated heterocycles. The zero-order valence-corrected chi connectivity index (χ0v) is 15.4. The van der Waals surface area contributed by atoms with E-state index >= 15 is 0 Å². The van der Waals surface area contributed by atoms with Crippen LogP contribution < -0.4 is 14.8 Å². The lowest BCUT2D eigenvalue weighted by molar-refractivity contribution is -0.118. The van der Waals surface area contributed by atoms with E-state index in [2.05, 4.69) is 21.2 Å². The van der Waals surface area contributed by atoms with Crippen LogP contribution in [-0.2, 0) is 4.79 Å². The standard InChI is InChI=1S/C20H18BrNO3/c1-2-24-19-6-4-3-5-18(19)22-20(23)13-25-17-10-8-14-11-16(21)9-7-15(14)12-17/h3-12H,2,13H2,1H3,(H,22,23). The van der Waals surface area contributed by atoms with Gasteiger partial charge in [0.15, 0.2) is 6.61 Å². The van der Waals surface area contributed by atoms with E-state index in [0.717, 1.165) is 15.2 Å². The first-order valence-corrected chi connectivity index (χ1v) is 8.79. The van der Waals surface area contributed by atoms with Gasteiger partial charge in [0.1, 0.15) is 11.5 Å². The number of rotatable bonds is 6. The largest absolute Gasteiger partial charge is 0.492 e. The average molecular weight is 400 g/mol. The molecule has 1 N–H and O–H groups in total. The number of fused-ring (bicyclic) bond motifs is 1. The lowest BCUT2D eigenvalue weighted by atomic mass is 10.1. The van der Waals surface area contributed by atoms with Crippen molar-refractivity contribution in [1.82, 2.24) is 0 Å². The van der Waals surface area contributed by atoms with Crippen molar-refractivity contribution in [2.45, 2.75) is 6.92 Å². The van der Waals surface area contributed by atoms with Gasteiger partial charge in [0.05, 0.1) is 12.3 Å². The molecule has 0 fully saturated rings. The molecule has 0 aliphatic heterocycles. The van der Waals surface area contributed by atoms with Crippen LogP contribution in [0.3, 0.4) is 0 Å². The number of hydrogen-bond acceptors (Lipinski definition) is 3. The first kappa shape index (κ1) is 17.3. The Morgan fingerprint density at radius 1 is 1.00 bits per heavy atom. The van der Waals surface area contributed by atoms with Gasteiger partial charge >= 0.3 is 0 Å². The third-order valence-corrected chi connectivity index (χ3v) is 4.10. The number of nitrogens with one attached hydrogen (secondary N) is 1. The van der Waals surface area contributed by atoms with E-state index in [1.807, 2.05) is 61.5 Å². The predicted octanol–water partition coefficient (Wildman–Crippen LogP) is 5.02. The van der Waals surface area contributed by atoms with Gasteiger partial charge in [-0.1, -0.05) is 40.2 Å². The molecule has 128 valence electrons. The first-order valence-electron chi connectivity index (χ1n) is 7.99. The molecule has 3 aromatic rings. The summed E-state index contributed by atoms with van der Waals surface area (Å²) >= 11 is 3.45. The molecule has 3 aromatic carbocycles. The van der Waals surface area contributed by atoms with Gasteiger partial charge in [-0.15, -0.1) is 0 Å². The molecule has 25 heavy (non-hydrogen) atoms. The normalized spacial score (nSPS) is 10.5. The highest BCUT2D eigenvalue weighted by Gasteiger charge is 2.08. The molecule has 0 aliphatic carbocycles. The fourth-order valence-electron chi connectivity index (χ4n) is 2.47. The van der Waals surface area contributed by atoms with Gasteiger partial charge in [0.25, 0.3) is 5.91 Å². The molecule has 0 saturated carbocycles. The van der Waals surface area contributed by atoms with Crippen LogP contribution in [0.1, 0.15) is 6.92 Å². The summed E-state index contributed by atoms with van der Waals surface area (Å²) in [6.45, 7) is 2.37. The monoisotopic (exact) mass is 399 g/mol. The highest BCUT2D eigenvalue weighted by molar-refractivity contribution is 9.10. The van der Waals surface area contributed by atoms with Crippen molar-refractivity contribution in [3.63, 3.8) is 0 Å². The second kappa shape index (κ2) is 8.03. The van der Waals surface area contributed by atoms with Crippen molar-refractivity contribution in [2.75, 3.05) is 18.5 Å². The van der Waals surface area contributed by atoms with E-state index in [9.17, 15) is 4.79 Å². The maximum atomic E-state index is 12.2. The first-order chi connectivity index (χ1) is 12.2. The van der Waals surface area contributed by atoms with Crippen molar-refractivity contribution in [1.29, 1.82) is 0 Å². The minimum Gasteiger partial charge on any atom is -0.492 e. The van der Waals surface area contributed by atoms with E-state index in [4.69, 9.17) is 9.47 Å². The Labute approximate surface area is 154 Å². The molecule has 0 spiro atoms. The number of ether oxygens (including phenoxy) is 2. The summed E-state index contributed by atoms with van der Waals surface area (Å²) in [7, 11) is 0. The summed E-state index contributed by atoms with van der Waals surface area (Å²) in [5.74, 6) is 1.07. The van der Waals surface area contributed by atoms with Crippen LogP contribution in [0.4, 0.5) is 5.69 Å². The zero-order chi connectivity index (χ0) is 17.6. The van der Waals surface area contributed by atoms with E-state index in [-0.39, 0.29) is 12.5 Å². The topological polar surface area (TPSA) is 47.6 Å². The Kier molecular flexibility index (Phi) is 5.56. The van der Waals surface area contributed by atoms with Gasteiger partial charge in [0, 0.05) is 4.47 Å². The van der Waals surface area contributed by atoms with Gasteiger partial charge in [-0.25, -0.2) is 0 Å². The van der Waals surface area contributed by atoms with Crippen molar-refractivity contribution in [2.24, 2.45) is 0 Å². The zero-order valence-electron chi connectivity index (χ0n) is 13.8. The Hall–Kier alpha value is -2.53. The van der Waals surface area contributed by atoms with Crippen LogP contribution in [0.25, 0.3) is 10.8 Å². The van der Waals surface area contributed by atoms with E-state index < -0.39 is 0 Å².